The Morgan fingerprint density at radius 3 is 2.25 bits per heavy atom. The first-order chi connectivity index (χ1) is 13.2. The minimum Gasteiger partial charge on any atom is -0.352 e. The molecule has 1 N–H and O–H groups in total. The van der Waals surface area contributed by atoms with Crippen molar-refractivity contribution >= 4 is 33.2 Å². The van der Waals surface area contributed by atoms with Crippen LogP contribution in [0.25, 0.3) is 0 Å². The number of rotatable bonds is 9. The van der Waals surface area contributed by atoms with E-state index in [0.29, 0.717) is 17.1 Å². The van der Waals surface area contributed by atoms with E-state index in [1.54, 1.807) is 31.2 Å². The molecule has 0 heterocycles. The van der Waals surface area contributed by atoms with Gasteiger partial charge in [-0.25, -0.2) is 8.42 Å². The van der Waals surface area contributed by atoms with Gasteiger partial charge in [0.15, 0.2) is 0 Å². The number of nitrogens with zero attached hydrogens (tertiary/aromatic N) is 1. The zero-order valence-corrected chi connectivity index (χ0v) is 18.0. The largest absolute Gasteiger partial charge is 0.352 e. The summed E-state index contributed by atoms with van der Waals surface area (Å²) in [4.78, 5) is 12.9. The predicted molar refractivity (Wildman–Crippen MR) is 115 cm³/mol. The number of sulfonamides is 1. The molecule has 0 saturated carbocycles. The Morgan fingerprint density at radius 2 is 1.71 bits per heavy atom. The molecule has 2 atom stereocenters. The molecule has 28 heavy (non-hydrogen) atoms. The van der Waals surface area contributed by atoms with Crippen molar-refractivity contribution in [2.75, 3.05) is 10.6 Å². The highest BCUT2D eigenvalue weighted by molar-refractivity contribution is 7.92. The van der Waals surface area contributed by atoms with E-state index in [4.69, 9.17) is 11.6 Å². The molecule has 0 aliphatic carbocycles. The van der Waals surface area contributed by atoms with Crippen LogP contribution in [0.3, 0.4) is 0 Å². The van der Waals surface area contributed by atoms with Crippen LogP contribution in [-0.2, 0) is 21.2 Å². The van der Waals surface area contributed by atoms with Crippen LogP contribution in [0.1, 0.15) is 32.3 Å². The second-order valence-corrected chi connectivity index (χ2v) is 9.19. The lowest BCUT2D eigenvalue weighted by molar-refractivity contribution is -0.122. The Kier molecular flexibility index (Phi) is 7.89. The number of benzene rings is 2. The molecule has 0 aromatic heterocycles. The van der Waals surface area contributed by atoms with Crippen molar-refractivity contribution in [2.45, 2.75) is 45.2 Å². The van der Waals surface area contributed by atoms with E-state index in [-0.39, 0.29) is 11.9 Å². The van der Waals surface area contributed by atoms with Crippen molar-refractivity contribution in [2.24, 2.45) is 0 Å². The van der Waals surface area contributed by atoms with E-state index < -0.39 is 16.1 Å². The number of hydrogen-bond acceptors (Lipinski definition) is 3. The molecule has 0 saturated heterocycles. The third kappa shape index (κ3) is 6.24. The van der Waals surface area contributed by atoms with Gasteiger partial charge in [-0.05, 0) is 56.0 Å². The van der Waals surface area contributed by atoms with E-state index in [1.165, 1.54) is 9.87 Å². The Balaban J connectivity index is 2.11. The Bertz CT molecular complexity index is 870. The second kappa shape index (κ2) is 9.94. The van der Waals surface area contributed by atoms with Gasteiger partial charge in [-0.3, -0.25) is 9.10 Å². The zero-order chi connectivity index (χ0) is 20.7. The van der Waals surface area contributed by atoms with Crippen LogP contribution in [0.15, 0.2) is 54.6 Å². The molecule has 152 valence electrons. The van der Waals surface area contributed by atoms with Gasteiger partial charge in [0.05, 0.1) is 11.9 Å². The fourth-order valence-electron chi connectivity index (χ4n) is 3.09. The van der Waals surface area contributed by atoms with E-state index >= 15 is 0 Å². The number of carbonyl (C=O) groups excluding carboxylic acids is 1. The molecule has 0 aliphatic rings. The topological polar surface area (TPSA) is 66.5 Å². The fraction of sp³-hybridized carbons (Fsp3) is 0.381. The zero-order valence-electron chi connectivity index (χ0n) is 16.4. The standard InChI is InChI=1S/C21H27ClN2O3S/c1-4-20(24(28(3,26)27)19-14-12-18(22)13-15-19)21(25)23-16(2)10-11-17-8-6-5-7-9-17/h5-9,12-16,20H,4,10-11H2,1-3H3,(H,23,25)/t16-,20+/m1/s1. The second-order valence-electron chi connectivity index (χ2n) is 6.89. The molecular formula is C21H27ClN2O3S. The summed E-state index contributed by atoms with van der Waals surface area (Å²) >= 11 is 5.91. The molecule has 5 nitrogen and oxygen atoms in total. The summed E-state index contributed by atoms with van der Waals surface area (Å²) in [6, 6.07) is 15.6. The number of halogens is 1. The van der Waals surface area contributed by atoms with E-state index in [2.05, 4.69) is 17.4 Å². The average molecular weight is 423 g/mol. The third-order valence-electron chi connectivity index (χ3n) is 4.51. The maximum atomic E-state index is 12.9. The summed E-state index contributed by atoms with van der Waals surface area (Å²) in [7, 11) is -3.65. The molecule has 7 heteroatoms. The van der Waals surface area contributed by atoms with Crippen molar-refractivity contribution in [3.05, 3.63) is 65.2 Å². The lowest BCUT2D eigenvalue weighted by Gasteiger charge is -2.31. The lowest BCUT2D eigenvalue weighted by atomic mass is 10.1. The molecule has 2 rings (SSSR count). The quantitative estimate of drug-likeness (QED) is 0.663. The SMILES string of the molecule is CC[C@@H](C(=O)N[C@H](C)CCc1ccccc1)N(c1ccc(Cl)cc1)S(C)(=O)=O. The lowest BCUT2D eigenvalue weighted by Crippen LogP contribution is -2.51. The van der Waals surface area contributed by atoms with E-state index in [0.717, 1.165) is 19.1 Å². The number of anilines is 1. The van der Waals surface area contributed by atoms with Crippen molar-refractivity contribution in [3.63, 3.8) is 0 Å². The summed E-state index contributed by atoms with van der Waals surface area (Å²) < 4.78 is 26.0. The van der Waals surface area contributed by atoms with E-state index in [9.17, 15) is 13.2 Å². The molecule has 0 spiro atoms. The number of aryl methyl sites for hydroxylation is 1. The van der Waals surface area contributed by atoms with Gasteiger partial charge in [0.2, 0.25) is 15.9 Å². The van der Waals surface area contributed by atoms with E-state index in [1.807, 2.05) is 25.1 Å². The average Bonchev–Trinajstić information content (AvgIpc) is 2.65. The van der Waals surface area contributed by atoms with Gasteiger partial charge in [-0.1, -0.05) is 48.9 Å². The number of carbonyl (C=O) groups is 1. The monoisotopic (exact) mass is 422 g/mol. The van der Waals surface area contributed by atoms with Crippen LogP contribution >= 0.6 is 11.6 Å². The van der Waals surface area contributed by atoms with Gasteiger partial charge in [0.25, 0.3) is 0 Å². The summed E-state index contributed by atoms with van der Waals surface area (Å²) in [6.07, 6.45) is 3.07. The first-order valence-electron chi connectivity index (χ1n) is 9.31. The molecule has 0 fully saturated rings. The minimum absolute atomic E-state index is 0.0756. The van der Waals surface area contributed by atoms with Crippen molar-refractivity contribution in [1.29, 1.82) is 0 Å². The van der Waals surface area contributed by atoms with Gasteiger partial charge < -0.3 is 5.32 Å². The predicted octanol–water partition coefficient (Wildman–Crippen LogP) is 4.02. The molecule has 2 aromatic rings. The molecule has 0 aliphatic heterocycles. The van der Waals surface area contributed by atoms with Gasteiger partial charge >= 0.3 is 0 Å². The Hall–Kier alpha value is -2.05. The van der Waals surface area contributed by atoms with Crippen LogP contribution in [-0.4, -0.2) is 32.7 Å². The first kappa shape index (κ1) is 22.2. The van der Waals surface area contributed by atoms with Crippen molar-refractivity contribution < 1.29 is 13.2 Å². The molecule has 0 unspecified atom stereocenters. The fourth-order valence-corrected chi connectivity index (χ4v) is 4.43. The molecular weight excluding hydrogens is 396 g/mol. The highest BCUT2D eigenvalue weighted by Crippen LogP contribution is 2.24. The summed E-state index contributed by atoms with van der Waals surface area (Å²) in [5, 5.41) is 3.47. The van der Waals surface area contributed by atoms with Crippen LogP contribution in [0.2, 0.25) is 5.02 Å². The van der Waals surface area contributed by atoms with Gasteiger partial charge in [-0.15, -0.1) is 0 Å². The maximum absolute atomic E-state index is 12.9. The maximum Gasteiger partial charge on any atom is 0.244 e. The third-order valence-corrected chi connectivity index (χ3v) is 5.94. The molecule has 0 radical (unpaired) electrons. The van der Waals surface area contributed by atoms with Crippen LogP contribution < -0.4 is 9.62 Å². The van der Waals surface area contributed by atoms with Crippen molar-refractivity contribution in [3.8, 4) is 0 Å². The number of nitrogens with one attached hydrogen (secondary N) is 1. The number of hydrogen-bond donors (Lipinski definition) is 1. The summed E-state index contributed by atoms with van der Waals surface area (Å²) in [6.45, 7) is 3.73. The van der Waals surface area contributed by atoms with Crippen LogP contribution in [0, 0.1) is 0 Å². The van der Waals surface area contributed by atoms with Crippen LogP contribution in [0.5, 0.6) is 0 Å². The highest BCUT2D eigenvalue weighted by Gasteiger charge is 2.31. The Morgan fingerprint density at radius 1 is 1.11 bits per heavy atom. The first-order valence-corrected chi connectivity index (χ1v) is 11.5. The van der Waals surface area contributed by atoms with Gasteiger partial charge in [0, 0.05) is 11.1 Å². The molecule has 1 amide bonds. The smallest absolute Gasteiger partial charge is 0.244 e. The highest BCUT2D eigenvalue weighted by atomic mass is 35.5. The molecule has 0 bridgehead atoms. The molecule has 2 aromatic carbocycles. The Labute approximate surface area is 172 Å². The number of amides is 1. The van der Waals surface area contributed by atoms with Crippen molar-refractivity contribution in [1.82, 2.24) is 5.32 Å². The minimum atomic E-state index is -3.65. The van der Waals surface area contributed by atoms with Crippen LogP contribution in [0.4, 0.5) is 5.69 Å². The van der Waals surface area contributed by atoms with Gasteiger partial charge in [-0.2, -0.15) is 0 Å². The normalized spacial score (nSPS) is 13.6. The van der Waals surface area contributed by atoms with Gasteiger partial charge in [0.1, 0.15) is 6.04 Å². The summed E-state index contributed by atoms with van der Waals surface area (Å²) in [5.74, 6) is -0.302. The summed E-state index contributed by atoms with van der Waals surface area (Å²) in [5.41, 5.74) is 1.63.